The second-order valence-corrected chi connectivity index (χ2v) is 10.9. The van der Waals surface area contributed by atoms with Gasteiger partial charge in [-0.3, -0.25) is 9.69 Å². The molecule has 5 rings (SSSR count). The van der Waals surface area contributed by atoms with Crippen molar-refractivity contribution in [3.8, 4) is 6.07 Å². The quantitative estimate of drug-likeness (QED) is 0.371. The maximum absolute atomic E-state index is 14.2. The largest absolute Gasteiger partial charge is 0.384 e. The number of nitriles is 1. The third-order valence-corrected chi connectivity index (χ3v) is 8.44. The van der Waals surface area contributed by atoms with Crippen LogP contribution < -0.4 is 10.6 Å². The van der Waals surface area contributed by atoms with Gasteiger partial charge in [-0.15, -0.1) is 0 Å². The Morgan fingerprint density at radius 1 is 1.03 bits per heavy atom. The number of thioether (sulfide) groups is 1. The Balaban J connectivity index is 1.58. The number of anilines is 1. The molecule has 3 aromatic carbocycles. The van der Waals surface area contributed by atoms with E-state index < -0.39 is 11.7 Å². The molecule has 0 radical (unpaired) electrons. The van der Waals surface area contributed by atoms with E-state index in [4.69, 9.17) is 5.73 Å². The highest BCUT2D eigenvalue weighted by atomic mass is 32.2. The standard InChI is InChI=1S/C32H30FN3OS/c1-20-14-21(2)26(15-23(20)19-38-18-22-8-4-3-5-9-22)30-27(17-34)32(35)36(25-11-6-10-24(33)16-25)28-12-7-13-29(37)31(28)30/h3-6,8-11,14-16,30H,7,12-13,18-19,35H2,1-2H3. The number of hydrogen-bond acceptors (Lipinski definition) is 5. The summed E-state index contributed by atoms with van der Waals surface area (Å²) in [5.41, 5.74) is 14.5. The summed E-state index contributed by atoms with van der Waals surface area (Å²) in [5, 5.41) is 10.3. The lowest BCUT2D eigenvalue weighted by Crippen LogP contribution is -2.39. The summed E-state index contributed by atoms with van der Waals surface area (Å²) in [6.45, 7) is 4.13. The van der Waals surface area contributed by atoms with E-state index in [1.165, 1.54) is 28.8 Å². The van der Waals surface area contributed by atoms with E-state index in [1.807, 2.05) is 36.9 Å². The summed E-state index contributed by atoms with van der Waals surface area (Å²) >= 11 is 1.84. The number of benzene rings is 3. The molecule has 3 aromatic rings. The van der Waals surface area contributed by atoms with Crippen LogP contribution in [-0.2, 0) is 16.3 Å². The zero-order valence-corrected chi connectivity index (χ0v) is 22.4. The van der Waals surface area contributed by atoms with Gasteiger partial charge in [-0.2, -0.15) is 17.0 Å². The Labute approximate surface area is 227 Å². The number of carbonyl (C=O) groups is 1. The summed E-state index contributed by atoms with van der Waals surface area (Å²) in [6.07, 6.45) is 1.76. The molecule has 0 spiro atoms. The maximum Gasteiger partial charge on any atom is 0.161 e. The highest BCUT2D eigenvalue weighted by Gasteiger charge is 2.41. The van der Waals surface area contributed by atoms with E-state index in [0.29, 0.717) is 36.1 Å². The number of ketones is 1. The molecule has 192 valence electrons. The molecule has 0 bridgehead atoms. The molecule has 0 fully saturated rings. The van der Waals surface area contributed by atoms with Gasteiger partial charge in [0.1, 0.15) is 11.6 Å². The molecule has 1 heterocycles. The van der Waals surface area contributed by atoms with Crippen LogP contribution in [0.3, 0.4) is 0 Å². The van der Waals surface area contributed by atoms with Crippen LogP contribution in [0.4, 0.5) is 10.1 Å². The summed E-state index contributed by atoms with van der Waals surface area (Å²) in [7, 11) is 0. The highest BCUT2D eigenvalue weighted by Crippen LogP contribution is 2.47. The fourth-order valence-corrected chi connectivity index (χ4v) is 6.60. The van der Waals surface area contributed by atoms with Crippen LogP contribution >= 0.6 is 11.8 Å². The van der Waals surface area contributed by atoms with Crippen LogP contribution in [0.1, 0.15) is 53.0 Å². The minimum Gasteiger partial charge on any atom is -0.384 e. The first kappa shape index (κ1) is 25.8. The molecular weight excluding hydrogens is 493 g/mol. The van der Waals surface area contributed by atoms with Crippen LogP contribution in [0.2, 0.25) is 0 Å². The first-order chi connectivity index (χ1) is 18.4. The molecule has 1 atom stereocenters. The summed E-state index contributed by atoms with van der Waals surface area (Å²) in [6, 6.07) is 23.1. The van der Waals surface area contributed by atoms with Gasteiger partial charge in [0.15, 0.2) is 5.78 Å². The topological polar surface area (TPSA) is 70.1 Å². The lowest BCUT2D eigenvalue weighted by atomic mass is 9.74. The van der Waals surface area contributed by atoms with E-state index in [0.717, 1.165) is 28.3 Å². The number of halogens is 1. The van der Waals surface area contributed by atoms with Gasteiger partial charge in [-0.05, 0) is 72.7 Å². The minimum absolute atomic E-state index is 0.0258. The third kappa shape index (κ3) is 4.87. The molecule has 6 heteroatoms. The lowest BCUT2D eigenvalue weighted by molar-refractivity contribution is -0.116. The first-order valence-corrected chi connectivity index (χ1v) is 14.0. The van der Waals surface area contributed by atoms with Crippen molar-refractivity contribution < 1.29 is 9.18 Å². The van der Waals surface area contributed by atoms with Gasteiger partial charge in [0.2, 0.25) is 0 Å². The summed E-state index contributed by atoms with van der Waals surface area (Å²) in [4.78, 5) is 15.2. The zero-order chi connectivity index (χ0) is 26.8. The number of nitrogens with two attached hydrogens (primary N) is 1. The molecule has 1 aliphatic carbocycles. The Bertz CT molecular complexity index is 1500. The van der Waals surface area contributed by atoms with Gasteiger partial charge in [-0.25, -0.2) is 4.39 Å². The van der Waals surface area contributed by atoms with Gasteiger partial charge in [0, 0.05) is 29.2 Å². The summed E-state index contributed by atoms with van der Waals surface area (Å²) < 4.78 is 14.2. The molecule has 0 saturated heterocycles. The van der Waals surface area contributed by atoms with Crippen LogP contribution in [0, 0.1) is 31.0 Å². The molecule has 2 N–H and O–H groups in total. The molecule has 1 unspecified atom stereocenters. The molecule has 0 aromatic heterocycles. The van der Waals surface area contributed by atoms with Gasteiger partial charge < -0.3 is 5.73 Å². The monoisotopic (exact) mass is 523 g/mol. The second kappa shape index (κ2) is 10.9. The Morgan fingerprint density at radius 3 is 2.55 bits per heavy atom. The predicted octanol–water partition coefficient (Wildman–Crippen LogP) is 7.18. The second-order valence-electron chi connectivity index (χ2n) is 9.91. The van der Waals surface area contributed by atoms with Crippen LogP contribution in [0.15, 0.2) is 89.4 Å². The van der Waals surface area contributed by atoms with E-state index >= 15 is 0 Å². The number of rotatable bonds is 6. The highest BCUT2D eigenvalue weighted by molar-refractivity contribution is 7.97. The summed E-state index contributed by atoms with van der Waals surface area (Å²) in [5.74, 6) is 1.07. The maximum atomic E-state index is 14.2. The van der Waals surface area contributed by atoms with Crippen molar-refractivity contribution in [2.24, 2.45) is 5.73 Å². The van der Waals surface area contributed by atoms with Crippen molar-refractivity contribution in [3.63, 3.8) is 0 Å². The van der Waals surface area contributed by atoms with Crippen molar-refractivity contribution >= 4 is 23.2 Å². The molecular formula is C32H30FN3OS. The normalized spacial score (nSPS) is 17.5. The van der Waals surface area contributed by atoms with E-state index in [9.17, 15) is 14.4 Å². The molecule has 1 aliphatic heterocycles. The van der Waals surface area contributed by atoms with E-state index in [1.54, 1.807) is 17.0 Å². The van der Waals surface area contributed by atoms with Gasteiger partial charge in [0.05, 0.1) is 23.2 Å². The Kier molecular flexibility index (Phi) is 7.40. The Hall–Kier alpha value is -3.82. The third-order valence-electron chi connectivity index (χ3n) is 7.38. The number of aryl methyl sites for hydroxylation is 2. The van der Waals surface area contributed by atoms with Crippen molar-refractivity contribution in [2.45, 2.75) is 50.5 Å². The molecule has 38 heavy (non-hydrogen) atoms. The minimum atomic E-state index is -0.536. The van der Waals surface area contributed by atoms with Crippen molar-refractivity contribution in [2.75, 3.05) is 4.90 Å². The van der Waals surface area contributed by atoms with Crippen molar-refractivity contribution in [3.05, 3.63) is 123 Å². The fraction of sp³-hybridized carbons (Fsp3) is 0.250. The average molecular weight is 524 g/mol. The van der Waals surface area contributed by atoms with Crippen molar-refractivity contribution in [1.29, 1.82) is 5.26 Å². The van der Waals surface area contributed by atoms with Gasteiger partial charge in [0.25, 0.3) is 0 Å². The molecule has 0 amide bonds. The number of carbonyl (C=O) groups excluding carboxylic acids is 1. The predicted molar refractivity (Wildman–Crippen MR) is 152 cm³/mol. The number of allylic oxidation sites excluding steroid dienone is 3. The fourth-order valence-electron chi connectivity index (χ4n) is 5.54. The molecule has 4 nitrogen and oxygen atoms in total. The smallest absolute Gasteiger partial charge is 0.161 e. The lowest BCUT2D eigenvalue weighted by Gasteiger charge is -2.40. The van der Waals surface area contributed by atoms with Crippen molar-refractivity contribution in [1.82, 2.24) is 0 Å². The van der Waals surface area contributed by atoms with Crippen LogP contribution in [0.5, 0.6) is 0 Å². The van der Waals surface area contributed by atoms with Crippen LogP contribution in [-0.4, -0.2) is 5.78 Å². The van der Waals surface area contributed by atoms with Gasteiger partial charge in [-0.1, -0.05) is 48.5 Å². The number of nitrogens with zero attached hydrogens (tertiary/aromatic N) is 2. The van der Waals surface area contributed by atoms with Gasteiger partial charge >= 0.3 is 0 Å². The Morgan fingerprint density at radius 2 is 1.82 bits per heavy atom. The number of Topliss-reactive ketones (excluding diaryl/α,β-unsaturated/α-hetero) is 1. The van der Waals surface area contributed by atoms with E-state index in [2.05, 4.69) is 37.3 Å². The average Bonchev–Trinajstić information content (AvgIpc) is 2.90. The SMILES string of the molecule is Cc1cc(C)c(C2C(C#N)=C(N)N(c3cccc(F)c3)C3=C2C(=O)CCC3)cc1CSCc1ccccc1. The number of hydrogen-bond donors (Lipinski definition) is 1. The zero-order valence-electron chi connectivity index (χ0n) is 21.6. The molecule has 2 aliphatic rings. The molecule has 0 saturated carbocycles. The van der Waals surface area contributed by atoms with E-state index in [-0.39, 0.29) is 11.6 Å². The van der Waals surface area contributed by atoms with Crippen LogP contribution in [0.25, 0.3) is 0 Å². The first-order valence-electron chi connectivity index (χ1n) is 12.8.